The Balaban J connectivity index is 1.55. The number of nitrogens with one attached hydrogen (secondary N) is 2. The van der Waals surface area contributed by atoms with Gasteiger partial charge >= 0.3 is 0 Å². The lowest BCUT2D eigenvalue weighted by molar-refractivity contribution is -0.121. The van der Waals surface area contributed by atoms with E-state index in [0.29, 0.717) is 5.69 Å². The highest BCUT2D eigenvalue weighted by Gasteiger charge is 2.13. The molecule has 0 radical (unpaired) electrons. The molecule has 24 heavy (non-hydrogen) atoms. The molecule has 2 N–H and O–H groups in total. The van der Waals surface area contributed by atoms with Gasteiger partial charge in [-0.2, -0.15) is 0 Å². The minimum absolute atomic E-state index is 0.0272. The molecule has 0 aliphatic heterocycles. The van der Waals surface area contributed by atoms with E-state index in [2.05, 4.69) is 15.8 Å². The third-order valence-corrected chi connectivity index (χ3v) is 4.99. The molecule has 0 saturated heterocycles. The van der Waals surface area contributed by atoms with Gasteiger partial charge in [-0.1, -0.05) is 18.2 Å². The second-order valence-corrected chi connectivity index (χ2v) is 6.59. The maximum atomic E-state index is 13.5. The first kappa shape index (κ1) is 16.3. The SMILES string of the molecule is O=C(Cc1csc(-c2cccs2)n1)NNC(=O)c1ccccc1F. The molecule has 5 nitrogen and oxygen atoms in total. The number of halogens is 1. The molecule has 1 aromatic carbocycles. The molecule has 2 amide bonds. The van der Waals surface area contributed by atoms with E-state index in [1.807, 2.05) is 17.5 Å². The second-order valence-electron chi connectivity index (χ2n) is 4.78. The van der Waals surface area contributed by atoms with E-state index in [1.165, 1.54) is 29.5 Å². The van der Waals surface area contributed by atoms with Crippen LogP contribution in [0.5, 0.6) is 0 Å². The topological polar surface area (TPSA) is 71.1 Å². The highest BCUT2D eigenvalue weighted by molar-refractivity contribution is 7.20. The zero-order valence-electron chi connectivity index (χ0n) is 12.3. The van der Waals surface area contributed by atoms with Crippen LogP contribution in [0.25, 0.3) is 9.88 Å². The first-order valence-corrected chi connectivity index (χ1v) is 8.71. The van der Waals surface area contributed by atoms with E-state index < -0.39 is 17.6 Å². The highest BCUT2D eigenvalue weighted by Crippen LogP contribution is 2.27. The Labute approximate surface area is 145 Å². The molecule has 0 saturated carbocycles. The molecule has 0 aliphatic carbocycles. The zero-order chi connectivity index (χ0) is 16.9. The minimum Gasteiger partial charge on any atom is -0.273 e. The summed E-state index contributed by atoms with van der Waals surface area (Å²) >= 11 is 3.03. The van der Waals surface area contributed by atoms with Crippen LogP contribution in [0.1, 0.15) is 16.1 Å². The molecule has 8 heteroatoms. The number of carbonyl (C=O) groups is 2. The fourth-order valence-corrected chi connectivity index (χ4v) is 3.58. The predicted octanol–water partition coefficient (Wildman–Crippen LogP) is 3.01. The van der Waals surface area contributed by atoms with E-state index in [0.717, 1.165) is 9.88 Å². The summed E-state index contributed by atoms with van der Waals surface area (Å²) in [5, 5.41) is 4.61. The maximum absolute atomic E-state index is 13.5. The van der Waals surface area contributed by atoms with Crippen molar-refractivity contribution in [2.75, 3.05) is 0 Å². The number of nitrogens with zero attached hydrogens (tertiary/aromatic N) is 1. The summed E-state index contributed by atoms with van der Waals surface area (Å²) in [5.41, 5.74) is 4.94. The third kappa shape index (κ3) is 3.84. The first-order chi connectivity index (χ1) is 11.6. The van der Waals surface area contributed by atoms with Crippen LogP contribution in [0.4, 0.5) is 4.39 Å². The molecule has 3 aromatic rings. The second kappa shape index (κ2) is 7.33. The number of thiophene rings is 1. The Morgan fingerprint density at radius 1 is 1.08 bits per heavy atom. The smallest absolute Gasteiger partial charge is 0.272 e. The average molecular weight is 361 g/mol. The van der Waals surface area contributed by atoms with Gasteiger partial charge in [0.2, 0.25) is 5.91 Å². The van der Waals surface area contributed by atoms with Gasteiger partial charge in [0.25, 0.3) is 5.91 Å². The van der Waals surface area contributed by atoms with Gasteiger partial charge in [0, 0.05) is 5.38 Å². The van der Waals surface area contributed by atoms with Gasteiger partial charge in [-0.15, -0.1) is 22.7 Å². The van der Waals surface area contributed by atoms with Crippen molar-refractivity contribution in [3.05, 3.63) is 64.2 Å². The maximum Gasteiger partial charge on any atom is 0.272 e. The summed E-state index contributed by atoms with van der Waals surface area (Å²) in [4.78, 5) is 29.1. The normalized spacial score (nSPS) is 10.4. The summed E-state index contributed by atoms with van der Waals surface area (Å²) in [6.45, 7) is 0. The molecule has 122 valence electrons. The van der Waals surface area contributed by atoms with E-state index in [4.69, 9.17) is 0 Å². The number of carbonyl (C=O) groups excluding carboxylic acids is 2. The van der Waals surface area contributed by atoms with Crippen molar-refractivity contribution in [3.63, 3.8) is 0 Å². The first-order valence-electron chi connectivity index (χ1n) is 6.95. The number of amides is 2. The standard InChI is InChI=1S/C16H12FN3O2S2/c17-12-5-2-1-4-11(12)15(22)20-19-14(21)8-10-9-24-16(18-10)13-6-3-7-23-13/h1-7,9H,8H2,(H,19,21)(H,20,22). The Bertz CT molecular complexity index is 862. The van der Waals surface area contributed by atoms with Crippen molar-refractivity contribution in [1.29, 1.82) is 0 Å². The molecule has 0 fully saturated rings. The van der Waals surface area contributed by atoms with Gasteiger partial charge in [0.1, 0.15) is 10.8 Å². The molecule has 2 aromatic heterocycles. The van der Waals surface area contributed by atoms with E-state index in [-0.39, 0.29) is 12.0 Å². The number of hydrogen-bond acceptors (Lipinski definition) is 5. The van der Waals surface area contributed by atoms with Gasteiger partial charge in [-0.3, -0.25) is 20.4 Å². The van der Waals surface area contributed by atoms with Crippen molar-refractivity contribution in [2.45, 2.75) is 6.42 Å². The van der Waals surface area contributed by atoms with Crippen molar-refractivity contribution in [3.8, 4) is 9.88 Å². The third-order valence-electron chi connectivity index (χ3n) is 3.06. The number of hydrogen-bond donors (Lipinski definition) is 2. The quantitative estimate of drug-likeness (QED) is 0.702. The summed E-state index contributed by atoms with van der Waals surface area (Å²) in [6.07, 6.45) is 0.0272. The molecule has 0 aliphatic rings. The van der Waals surface area contributed by atoms with Gasteiger partial charge in [0.05, 0.1) is 22.6 Å². The van der Waals surface area contributed by atoms with Gasteiger partial charge < -0.3 is 0 Å². The predicted molar refractivity (Wildman–Crippen MR) is 91.1 cm³/mol. The van der Waals surface area contributed by atoms with Crippen LogP contribution in [-0.2, 0) is 11.2 Å². The summed E-state index contributed by atoms with van der Waals surface area (Å²) < 4.78 is 13.5. The molecular weight excluding hydrogens is 349 g/mol. The Kier molecular flexibility index (Phi) is 4.97. The van der Waals surface area contributed by atoms with Crippen LogP contribution < -0.4 is 10.9 Å². The molecule has 2 heterocycles. The lowest BCUT2D eigenvalue weighted by Gasteiger charge is -2.07. The fourth-order valence-electron chi connectivity index (χ4n) is 1.95. The van der Waals surface area contributed by atoms with Gasteiger partial charge in [-0.25, -0.2) is 9.37 Å². The number of thiazole rings is 1. The van der Waals surface area contributed by atoms with E-state index in [9.17, 15) is 14.0 Å². The summed E-state index contributed by atoms with van der Waals surface area (Å²) in [7, 11) is 0. The van der Waals surface area contributed by atoms with Crippen molar-refractivity contribution in [1.82, 2.24) is 15.8 Å². The number of aromatic nitrogens is 1. The molecule has 3 rings (SSSR count). The average Bonchev–Trinajstić information content (AvgIpc) is 3.24. The van der Waals surface area contributed by atoms with Crippen LogP contribution in [0.15, 0.2) is 47.2 Å². The van der Waals surface area contributed by atoms with Crippen molar-refractivity contribution < 1.29 is 14.0 Å². The Morgan fingerprint density at radius 3 is 2.67 bits per heavy atom. The van der Waals surface area contributed by atoms with Gasteiger partial charge in [0.15, 0.2) is 0 Å². The zero-order valence-corrected chi connectivity index (χ0v) is 13.9. The van der Waals surface area contributed by atoms with Crippen molar-refractivity contribution >= 4 is 34.5 Å². The Hall–Kier alpha value is -2.58. The summed E-state index contributed by atoms with van der Waals surface area (Å²) in [6, 6.07) is 9.44. The Morgan fingerprint density at radius 2 is 1.92 bits per heavy atom. The molecule has 0 unspecified atom stereocenters. The minimum atomic E-state index is -0.709. The largest absolute Gasteiger partial charge is 0.273 e. The lowest BCUT2D eigenvalue weighted by atomic mass is 10.2. The molecule has 0 spiro atoms. The van der Waals surface area contributed by atoms with Crippen LogP contribution in [-0.4, -0.2) is 16.8 Å². The molecular formula is C16H12FN3O2S2. The van der Waals surface area contributed by atoms with Gasteiger partial charge in [-0.05, 0) is 23.6 Å². The van der Waals surface area contributed by atoms with Crippen LogP contribution in [0, 0.1) is 5.82 Å². The molecule has 0 atom stereocenters. The number of hydrazine groups is 1. The van der Waals surface area contributed by atoms with Crippen molar-refractivity contribution in [2.24, 2.45) is 0 Å². The fraction of sp³-hybridized carbons (Fsp3) is 0.0625. The van der Waals surface area contributed by atoms with E-state index in [1.54, 1.807) is 22.8 Å². The van der Waals surface area contributed by atoms with Crippen LogP contribution in [0.2, 0.25) is 0 Å². The monoisotopic (exact) mass is 361 g/mol. The van der Waals surface area contributed by atoms with Crippen LogP contribution >= 0.6 is 22.7 Å². The number of rotatable bonds is 4. The summed E-state index contributed by atoms with van der Waals surface area (Å²) in [5.74, 6) is -1.79. The van der Waals surface area contributed by atoms with Crippen LogP contribution in [0.3, 0.4) is 0 Å². The highest BCUT2D eigenvalue weighted by atomic mass is 32.1. The van der Waals surface area contributed by atoms with E-state index >= 15 is 0 Å². The molecule has 0 bridgehead atoms. The lowest BCUT2D eigenvalue weighted by Crippen LogP contribution is -2.42. The number of benzene rings is 1.